The van der Waals surface area contributed by atoms with E-state index in [0.29, 0.717) is 11.3 Å². The summed E-state index contributed by atoms with van der Waals surface area (Å²) in [6, 6.07) is -0.475. The van der Waals surface area contributed by atoms with Gasteiger partial charge in [0, 0.05) is 31.7 Å². The average molecular weight is 516 g/mol. The first-order valence-corrected chi connectivity index (χ1v) is 11.9. The number of fused-ring (bicyclic) bond motifs is 3. The third-order valence-electron chi connectivity index (χ3n) is 8.23. The summed E-state index contributed by atoms with van der Waals surface area (Å²) < 4.78 is 0. The number of nitrogens with zero attached hydrogens (tertiary/aromatic N) is 3. The van der Waals surface area contributed by atoms with Crippen molar-refractivity contribution in [1.82, 2.24) is 9.80 Å². The van der Waals surface area contributed by atoms with Crippen molar-refractivity contribution in [3.05, 3.63) is 17.2 Å². The van der Waals surface area contributed by atoms with Gasteiger partial charge in [0.15, 0.2) is 34.7 Å². The van der Waals surface area contributed by atoms with E-state index in [4.69, 9.17) is 11.5 Å². The number of ketones is 4. The van der Waals surface area contributed by atoms with Gasteiger partial charge in [0.2, 0.25) is 5.91 Å². The number of amides is 1. The molecular formula is C25H33N5O7. The number of primary amides is 1. The number of carbonyl (C=O) groups is 5. The van der Waals surface area contributed by atoms with E-state index in [1.165, 1.54) is 4.90 Å². The molecule has 2 saturated carbocycles. The van der Waals surface area contributed by atoms with Crippen LogP contribution >= 0.6 is 0 Å². The Bertz CT molecular complexity index is 1240. The summed E-state index contributed by atoms with van der Waals surface area (Å²) in [4.78, 5) is 72.0. The zero-order valence-corrected chi connectivity index (χ0v) is 21.7. The molecule has 6 N–H and O–H groups in total. The molecule has 3 aliphatic carbocycles. The normalized spacial score (nSPS) is 33.3. The first kappa shape index (κ1) is 26.7. The van der Waals surface area contributed by atoms with Crippen LogP contribution in [0.4, 0.5) is 11.4 Å². The van der Waals surface area contributed by atoms with Crippen LogP contribution in [0.5, 0.6) is 5.75 Å². The fraction of sp³-hybridized carbons (Fsp3) is 0.560. The lowest BCUT2D eigenvalue weighted by Crippen LogP contribution is -2.79. The van der Waals surface area contributed by atoms with Crippen LogP contribution in [0.1, 0.15) is 15.9 Å². The van der Waals surface area contributed by atoms with Gasteiger partial charge in [-0.1, -0.05) is 0 Å². The van der Waals surface area contributed by atoms with Gasteiger partial charge in [0.25, 0.3) is 0 Å². The van der Waals surface area contributed by atoms with Crippen LogP contribution in [0, 0.1) is 23.7 Å². The predicted molar refractivity (Wildman–Crippen MR) is 133 cm³/mol. The van der Waals surface area contributed by atoms with Gasteiger partial charge in [-0.15, -0.1) is 0 Å². The molecule has 3 aliphatic rings. The molecule has 1 aromatic rings. The molecule has 0 spiro atoms. The lowest BCUT2D eigenvalue weighted by molar-refractivity contribution is -0.188. The smallest absolute Gasteiger partial charge is 0.235 e. The van der Waals surface area contributed by atoms with Crippen LogP contribution in [0.15, 0.2) is 6.07 Å². The Morgan fingerprint density at radius 3 is 2.11 bits per heavy atom. The Kier molecular flexibility index (Phi) is 6.21. The highest BCUT2D eigenvalue weighted by Crippen LogP contribution is 2.53. The number of Topliss-reactive ketones (excluding diaryl/α,β-unsaturated/α-hetero) is 4. The number of rotatable bonds is 4. The fourth-order valence-corrected chi connectivity index (χ4v) is 6.79. The van der Waals surface area contributed by atoms with E-state index in [1.807, 2.05) is 0 Å². The Labute approximate surface area is 214 Å². The lowest BCUT2D eigenvalue weighted by atomic mass is 9.50. The first-order chi connectivity index (χ1) is 17.1. The molecule has 200 valence electrons. The van der Waals surface area contributed by atoms with Crippen LogP contribution in [-0.4, -0.2) is 109 Å². The van der Waals surface area contributed by atoms with Gasteiger partial charge < -0.3 is 31.5 Å². The molecule has 0 heterocycles. The van der Waals surface area contributed by atoms with Gasteiger partial charge in [0.05, 0.1) is 23.2 Å². The largest absolute Gasteiger partial charge is 0.505 e. The van der Waals surface area contributed by atoms with Gasteiger partial charge in [-0.05, 0) is 52.2 Å². The van der Waals surface area contributed by atoms with Gasteiger partial charge in [-0.25, -0.2) is 0 Å². The van der Waals surface area contributed by atoms with E-state index in [1.54, 1.807) is 58.2 Å². The van der Waals surface area contributed by atoms with Crippen molar-refractivity contribution in [2.75, 3.05) is 52.9 Å². The molecule has 37 heavy (non-hydrogen) atoms. The number of anilines is 2. The Morgan fingerprint density at radius 1 is 1.03 bits per heavy atom. The van der Waals surface area contributed by atoms with Crippen LogP contribution in [0.2, 0.25) is 0 Å². The van der Waals surface area contributed by atoms with Crippen LogP contribution in [-0.2, 0) is 25.6 Å². The van der Waals surface area contributed by atoms with Crippen LogP contribution in [0.3, 0.4) is 0 Å². The third kappa shape index (κ3) is 3.42. The second-order valence-electron chi connectivity index (χ2n) is 10.9. The molecule has 12 nitrogen and oxygen atoms in total. The molecule has 7 atom stereocenters. The minimum Gasteiger partial charge on any atom is -0.505 e. The van der Waals surface area contributed by atoms with E-state index < -0.39 is 76.1 Å². The van der Waals surface area contributed by atoms with Crippen molar-refractivity contribution in [3.63, 3.8) is 0 Å². The molecule has 1 aromatic carbocycles. The van der Waals surface area contributed by atoms with Crippen LogP contribution < -0.4 is 16.4 Å². The number of aliphatic hydroxyl groups is 1. The summed E-state index contributed by atoms with van der Waals surface area (Å²) in [7, 11) is 9.95. The quantitative estimate of drug-likeness (QED) is 0.198. The maximum Gasteiger partial charge on any atom is 0.235 e. The molecule has 0 saturated heterocycles. The van der Waals surface area contributed by atoms with Gasteiger partial charge >= 0.3 is 0 Å². The lowest BCUT2D eigenvalue weighted by Gasteiger charge is -2.57. The fourth-order valence-electron chi connectivity index (χ4n) is 6.79. The first-order valence-electron chi connectivity index (χ1n) is 11.9. The maximum atomic E-state index is 14.1. The minimum atomic E-state index is -2.83. The highest BCUT2D eigenvalue weighted by atomic mass is 16.3. The molecule has 0 bridgehead atoms. The second-order valence-corrected chi connectivity index (χ2v) is 10.9. The topological polar surface area (TPSA) is 188 Å². The van der Waals surface area contributed by atoms with E-state index >= 15 is 0 Å². The van der Waals surface area contributed by atoms with Gasteiger partial charge in [0.1, 0.15) is 5.75 Å². The number of aromatic hydroxyl groups is 1. The van der Waals surface area contributed by atoms with E-state index in [2.05, 4.69) is 0 Å². The Hall–Kier alpha value is -3.35. The third-order valence-corrected chi connectivity index (χ3v) is 8.23. The number of nitrogens with two attached hydrogens (primary N) is 2. The van der Waals surface area contributed by atoms with Crippen molar-refractivity contribution >= 4 is 40.4 Å². The zero-order chi connectivity index (χ0) is 27.9. The molecule has 0 aromatic heterocycles. The summed E-state index contributed by atoms with van der Waals surface area (Å²) in [6.45, 7) is 0. The monoisotopic (exact) mass is 515 g/mol. The van der Waals surface area contributed by atoms with Crippen molar-refractivity contribution in [2.45, 2.75) is 24.1 Å². The standard InChI is InChI=1S/C25H33N5O7/c1-28(2)12-8-11(26)19(31)13-9(12)7-10-14(20(13)32)22(34)25(37)16(17(10)29(3)4)18(30(5)6)21(33)15(23(25)35)24(27)36/h8,10,14-18,31,37H,7,26H2,1-6H3,(H2,27,36)/t10-,14?,15?,16+,17+,18+,25+/m1/s1. The number of phenols is 1. The summed E-state index contributed by atoms with van der Waals surface area (Å²) in [5, 5.41) is 22.7. The SMILES string of the molecule is CN(C)c1cc(N)c(O)c2c1C[C@@H]1C(C2=O)C(=O)[C@]2(O)C(=O)C(C(N)=O)C(=O)[C@@H](N(C)C)[C@@H]2[C@H]1N(C)C. The number of hydrogen-bond donors (Lipinski definition) is 4. The number of benzene rings is 1. The van der Waals surface area contributed by atoms with E-state index in [-0.39, 0.29) is 17.7 Å². The Balaban J connectivity index is 2.02. The maximum absolute atomic E-state index is 14.1. The number of nitrogen functional groups attached to an aromatic ring is 1. The molecule has 0 radical (unpaired) electrons. The minimum absolute atomic E-state index is 0.0564. The van der Waals surface area contributed by atoms with Crippen LogP contribution in [0.25, 0.3) is 0 Å². The van der Waals surface area contributed by atoms with E-state index in [0.717, 1.165) is 0 Å². The van der Waals surface area contributed by atoms with Crippen molar-refractivity contribution in [3.8, 4) is 5.75 Å². The summed E-state index contributed by atoms with van der Waals surface area (Å²) in [5.41, 5.74) is 9.41. The van der Waals surface area contributed by atoms with Gasteiger partial charge in [-0.2, -0.15) is 0 Å². The van der Waals surface area contributed by atoms with Crippen molar-refractivity contribution < 1.29 is 34.2 Å². The van der Waals surface area contributed by atoms with Crippen molar-refractivity contribution in [2.24, 2.45) is 29.4 Å². The molecule has 2 unspecified atom stereocenters. The van der Waals surface area contributed by atoms with E-state index in [9.17, 15) is 34.2 Å². The van der Waals surface area contributed by atoms with Gasteiger partial charge in [-0.3, -0.25) is 28.9 Å². The zero-order valence-electron chi connectivity index (χ0n) is 21.7. The number of carbonyl (C=O) groups excluding carboxylic acids is 5. The van der Waals surface area contributed by atoms with Crippen molar-refractivity contribution in [1.29, 1.82) is 0 Å². The molecule has 2 fully saturated rings. The summed E-state index contributed by atoms with van der Waals surface area (Å²) in [6.07, 6.45) is 0.135. The molecule has 0 aliphatic heterocycles. The molecule has 1 amide bonds. The average Bonchev–Trinajstić information content (AvgIpc) is 2.77. The highest BCUT2D eigenvalue weighted by molar-refractivity contribution is 6.32. The molecule has 12 heteroatoms. The summed E-state index contributed by atoms with van der Waals surface area (Å²) >= 11 is 0. The highest BCUT2D eigenvalue weighted by Gasteiger charge is 2.72. The predicted octanol–water partition coefficient (Wildman–Crippen LogP) is -1.94. The number of likely N-dealkylation sites (N-methyl/N-ethyl adjacent to an activating group) is 1. The molecule has 4 rings (SSSR count). The molecular weight excluding hydrogens is 482 g/mol. The second kappa shape index (κ2) is 8.61. The summed E-state index contributed by atoms with van der Waals surface area (Å²) in [5.74, 6) is -11.3. The number of phenolic OH excluding ortho intramolecular Hbond substituents is 1. The Morgan fingerprint density at radius 2 is 1.62 bits per heavy atom. The number of hydrogen-bond acceptors (Lipinski definition) is 11.